The van der Waals surface area contributed by atoms with Crippen molar-refractivity contribution in [2.24, 2.45) is 0 Å². The summed E-state index contributed by atoms with van der Waals surface area (Å²) in [5.41, 5.74) is -1.07. The van der Waals surface area contributed by atoms with Crippen molar-refractivity contribution in [1.82, 2.24) is 15.3 Å². The van der Waals surface area contributed by atoms with E-state index in [0.717, 1.165) is 31.0 Å². The number of halogens is 3. The number of aromatic nitrogens is 2. The molecule has 0 saturated heterocycles. The number of hydrogen-bond donors (Lipinski definition) is 3. The molecule has 1 atom stereocenters. The predicted octanol–water partition coefficient (Wildman–Crippen LogP) is 2.13. The Hall–Kier alpha value is -2.68. The van der Waals surface area contributed by atoms with Crippen LogP contribution in [-0.4, -0.2) is 27.6 Å². The molecule has 138 valence electrons. The summed E-state index contributed by atoms with van der Waals surface area (Å²) >= 11 is 0. The van der Waals surface area contributed by atoms with Crippen LogP contribution in [0, 0.1) is 0 Å². The minimum Gasteiger partial charge on any atom is -0.394 e. The topological polar surface area (TPSA) is 95.1 Å². The molecule has 1 saturated carbocycles. The number of nitrogens with one attached hydrogen (secondary N) is 2. The maximum absolute atomic E-state index is 12.6. The number of aliphatic hydroxyl groups excluding tert-OH is 1. The van der Waals surface area contributed by atoms with E-state index in [4.69, 9.17) is 0 Å². The molecule has 6 nitrogen and oxygen atoms in total. The zero-order chi connectivity index (χ0) is 18.9. The number of aromatic amines is 1. The van der Waals surface area contributed by atoms with E-state index in [0.29, 0.717) is 11.4 Å². The highest BCUT2D eigenvalue weighted by Gasteiger charge is 2.30. The van der Waals surface area contributed by atoms with Gasteiger partial charge in [-0.3, -0.25) is 9.59 Å². The Morgan fingerprint density at radius 1 is 1.31 bits per heavy atom. The first-order valence-electron chi connectivity index (χ1n) is 7.98. The van der Waals surface area contributed by atoms with E-state index in [1.165, 1.54) is 12.1 Å². The van der Waals surface area contributed by atoms with Gasteiger partial charge in [0.1, 0.15) is 11.5 Å². The Labute approximate surface area is 146 Å². The third-order valence-electron chi connectivity index (χ3n) is 4.08. The van der Waals surface area contributed by atoms with Crippen LogP contribution in [0.25, 0.3) is 0 Å². The SMILES string of the molecule is O=C(NC(CO)c1ccc(C(F)(F)F)cc1)c1cc(=O)[nH]c(C2CC2)n1. The Morgan fingerprint density at radius 3 is 2.50 bits per heavy atom. The maximum Gasteiger partial charge on any atom is 0.416 e. The Bertz CT molecular complexity index is 858. The molecule has 1 amide bonds. The van der Waals surface area contributed by atoms with Crippen molar-refractivity contribution in [1.29, 1.82) is 0 Å². The van der Waals surface area contributed by atoms with Crippen LogP contribution in [0.1, 0.15) is 52.2 Å². The maximum atomic E-state index is 12.6. The molecular weight excluding hydrogens is 351 g/mol. The van der Waals surface area contributed by atoms with E-state index in [1.807, 2.05) is 0 Å². The van der Waals surface area contributed by atoms with Crippen LogP contribution in [-0.2, 0) is 6.18 Å². The lowest BCUT2D eigenvalue weighted by molar-refractivity contribution is -0.137. The average Bonchev–Trinajstić information content (AvgIpc) is 3.43. The number of rotatable bonds is 5. The van der Waals surface area contributed by atoms with Crippen LogP contribution in [0.15, 0.2) is 35.1 Å². The first-order chi connectivity index (χ1) is 12.3. The van der Waals surface area contributed by atoms with E-state index in [2.05, 4.69) is 15.3 Å². The lowest BCUT2D eigenvalue weighted by atomic mass is 10.0. The van der Waals surface area contributed by atoms with Gasteiger partial charge in [-0.15, -0.1) is 0 Å². The third-order valence-corrected chi connectivity index (χ3v) is 4.08. The second-order valence-electron chi connectivity index (χ2n) is 6.12. The molecule has 3 rings (SSSR count). The second kappa shape index (κ2) is 6.91. The molecule has 0 bridgehead atoms. The average molecular weight is 367 g/mol. The van der Waals surface area contributed by atoms with Gasteiger partial charge in [0.05, 0.1) is 18.2 Å². The molecule has 9 heteroatoms. The summed E-state index contributed by atoms with van der Waals surface area (Å²) < 4.78 is 37.9. The molecule has 3 N–H and O–H groups in total. The van der Waals surface area contributed by atoms with Crippen molar-refractivity contribution < 1.29 is 23.1 Å². The highest BCUT2D eigenvalue weighted by Crippen LogP contribution is 2.37. The van der Waals surface area contributed by atoms with Gasteiger partial charge in [-0.2, -0.15) is 13.2 Å². The van der Waals surface area contributed by atoms with Crippen LogP contribution in [0.5, 0.6) is 0 Å². The number of aliphatic hydroxyl groups is 1. The fourth-order valence-electron chi connectivity index (χ4n) is 2.51. The molecule has 1 aromatic heterocycles. The van der Waals surface area contributed by atoms with Gasteiger partial charge in [-0.1, -0.05) is 12.1 Å². The molecule has 1 heterocycles. The number of carbonyl (C=O) groups is 1. The van der Waals surface area contributed by atoms with Gasteiger partial charge in [0, 0.05) is 12.0 Å². The molecule has 0 aliphatic heterocycles. The van der Waals surface area contributed by atoms with E-state index in [-0.39, 0.29) is 11.6 Å². The quantitative estimate of drug-likeness (QED) is 0.755. The number of H-pyrrole nitrogens is 1. The van der Waals surface area contributed by atoms with Crippen molar-refractivity contribution in [3.63, 3.8) is 0 Å². The lowest BCUT2D eigenvalue weighted by Gasteiger charge is -2.17. The molecule has 1 fully saturated rings. The first kappa shape index (κ1) is 18.1. The zero-order valence-electron chi connectivity index (χ0n) is 13.5. The minimum absolute atomic E-state index is 0.0963. The number of benzene rings is 1. The van der Waals surface area contributed by atoms with Crippen LogP contribution >= 0.6 is 0 Å². The van der Waals surface area contributed by atoms with Gasteiger partial charge < -0.3 is 15.4 Å². The second-order valence-corrected chi connectivity index (χ2v) is 6.12. The standard InChI is InChI=1S/C17H16F3N3O3/c18-17(19,20)11-5-3-9(4-6-11)13(8-24)22-16(26)12-7-14(25)23-15(21-12)10-1-2-10/h3-7,10,13,24H,1-2,8H2,(H,22,26)(H,21,23,25). The highest BCUT2D eigenvalue weighted by molar-refractivity contribution is 5.92. The molecule has 1 aromatic carbocycles. The smallest absolute Gasteiger partial charge is 0.394 e. The summed E-state index contributed by atoms with van der Waals surface area (Å²) in [7, 11) is 0. The van der Waals surface area contributed by atoms with E-state index < -0.39 is 35.9 Å². The number of carbonyl (C=O) groups excluding carboxylic acids is 1. The van der Waals surface area contributed by atoms with E-state index >= 15 is 0 Å². The van der Waals surface area contributed by atoms with Gasteiger partial charge in [0.2, 0.25) is 0 Å². The molecule has 2 aromatic rings. The fraction of sp³-hybridized carbons (Fsp3) is 0.353. The summed E-state index contributed by atoms with van der Waals surface area (Å²) in [6.07, 6.45) is -2.69. The fourth-order valence-corrected chi connectivity index (χ4v) is 2.51. The Balaban J connectivity index is 1.77. The summed E-state index contributed by atoms with van der Waals surface area (Å²) in [6.45, 7) is -0.518. The van der Waals surface area contributed by atoms with Crippen molar-refractivity contribution >= 4 is 5.91 Å². The number of nitrogens with zero attached hydrogens (tertiary/aromatic N) is 1. The normalized spacial score (nSPS) is 15.5. The predicted molar refractivity (Wildman–Crippen MR) is 85.6 cm³/mol. The molecule has 0 radical (unpaired) electrons. The van der Waals surface area contributed by atoms with E-state index in [9.17, 15) is 27.9 Å². The van der Waals surface area contributed by atoms with Gasteiger partial charge >= 0.3 is 6.18 Å². The monoisotopic (exact) mass is 367 g/mol. The molecule has 26 heavy (non-hydrogen) atoms. The summed E-state index contributed by atoms with van der Waals surface area (Å²) in [4.78, 5) is 30.7. The summed E-state index contributed by atoms with van der Waals surface area (Å²) in [5, 5.41) is 12.0. The highest BCUT2D eigenvalue weighted by atomic mass is 19.4. The number of alkyl halides is 3. The van der Waals surface area contributed by atoms with Crippen LogP contribution in [0.3, 0.4) is 0 Å². The van der Waals surface area contributed by atoms with Gasteiger partial charge in [-0.25, -0.2) is 4.98 Å². The van der Waals surface area contributed by atoms with Crippen molar-refractivity contribution in [3.05, 3.63) is 63.3 Å². The minimum atomic E-state index is -4.47. The molecule has 1 aliphatic carbocycles. The Kier molecular flexibility index (Phi) is 4.82. The van der Waals surface area contributed by atoms with Gasteiger partial charge in [0.25, 0.3) is 11.5 Å². The van der Waals surface area contributed by atoms with E-state index in [1.54, 1.807) is 0 Å². The third kappa shape index (κ3) is 4.10. The lowest BCUT2D eigenvalue weighted by Crippen LogP contribution is -2.32. The van der Waals surface area contributed by atoms with Crippen LogP contribution in [0.2, 0.25) is 0 Å². The van der Waals surface area contributed by atoms with Crippen LogP contribution < -0.4 is 10.9 Å². The van der Waals surface area contributed by atoms with Crippen molar-refractivity contribution in [2.45, 2.75) is 31.0 Å². The summed E-state index contributed by atoms with van der Waals surface area (Å²) in [5.74, 6) is -0.103. The largest absolute Gasteiger partial charge is 0.416 e. The molecule has 1 aliphatic rings. The van der Waals surface area contributed by atoms with Gasteiger partial charge in [0.15, 0.2) is 0 Å². The summed E-state index contributed by atoms with van der Waals surface area (Å²) in [6, 6.07) is 4.25. The van der Waals surface area contributed by atoms with Crippen molar-refractivity contribution in [3.8, 4) is 0 Å². The number of hydrogen-bond acceptors (Lipinski definition) is 4. The zero-order valence-corrected chi connectivity index (χ0v) is 13.5. The first-order valence-corrected chi connectivity index (χ1v) is 7.98. The molecule has 0 spiro atoms. The Morgan fingerprint density at radius 2 is 1.96 bits per heavy atom. The van der Waals surface area contributed by atoms with Gasteiger partial charge in [-0.05, 0) is 30.5 Å². The van der Waals surface area contributed by atoms with Crippen molar-refractivity contribution in [2.75, 3.05) is 6.61 Å². The van der Waals surface area contributed by atoms with Crippen LogP contribution in [0.4, 0.5) is 13.2 Å². The molecule has 1 unspecified atom stereocenters. The number of amides is 1. The molecular formula is C17H16F3N3O3.